The summed E-state index contributed by atoms with van der Waals surface area (Å²) in [5.41, 5.74) is 0. The van der Waals surface area contributed by atoms with Crippen molar-refractivity contribution in [2.75, 3.05) is 18.1 Å². The van der Waals surface area contributed by atoms with Crippen molar-refractivity contribution in [2.24, 2.45) is 0 Å². The average molecular weight is 417 g/mol. The van der Waals surface area contributed by atoms with Crippen molar-refractivity contribution in [2.45, 2.75) is 136 Å². The average Bonchev–Trinajstić information content (AvgIpc) is 2.58. The summed E-state index contributed by atoms with van der Waals surface area (Å²) < 4.78 is 5.56. The molecular formula is C24H52OSSi. The van der Waals surface area contributed by atoms with Crippen LogP contribution in [0.25, 0.3) is 0 Å². The molecule has 0 spiro atoms. The summed E-state index contributed by atoms with van der Waals surface area (Å²) in [4.78, 5) is 0. The Labute approximate surface area is 178 Å². The van der Waals surface area contributed by atoms with E-state index in [4.69, 9.17) is 4.74 Å². The van der Waals surface area contributed by atoms with Crippen LogP contribution in [0, 0.1) is 0 Å². The van der Waals surface area contributed by atoms with E-state index in [0.717, 1.165) is 12.4 Å². The minimum atomic E-state index is -0.779. The minimum Gasteiger partial charge on any atom is -0.378 e. The zero-order valence-corrected chi connectivity index (χ0v) is 21.4. The van der Waals surface area contributed by atoms with Gasteiger partial charge in [-0.1, -0.05) is 109 Å². The largest absolute Gasteiger partial charge is 0.378 e. The van der Waals surface area contributed by atoms with Gasteiger partial charge >= 0.3 is 0 Å². The zero-order chi connectivity index (χ0) is 20.2. The minimum absolute atomic E-state index is 0.384. The molecule has 0 aliphatic carbocycles. The van der Waals surface area contributed by atoms with Crippen LogP contribution in [0.2, 0.25) is 25.7 Å². The third-order valence-corrected chi connectivity index (χ3v) is 8.03. The van der Waals surface area contributed by atoms with Crippen LogP contribution in [0.4, 0.5) is 0 Å². The van der Waals surface area contributed by atoms with E-state index >= 15 is 0 Å². The maximum Gasteiger partial charge on any atom is 0.0560 e. The van der Waals surface area contributed by atoms with Gasteiger partial charge in [-0.05, 0) is 26.0 Å². The van der Waals surface area contributed by atoms with E-state index in [1.807, 2.05) is 0 Å². The molecule has 0 bridgehead atoms. The lowest BCUT2D eigenvalue weighted by Gasteiger charge is -2.14. The van der Waals surface area contributed by atoms with E-state index in [2.05, 4.69) is 45.3 Å². The molecule has 0 rings (SSSR count). The predicted octanol–water partition coefficient (Wildman–Crippen LogP) is 8.94. The van der Waals surface area contributed by atoms with Gasteiger partial charge in [-0.2, -0.15) is 11.8 Å². The summed E-state index contributed by atoms with van der Waals surface area (Å²) in [6.45, 7) is 12.6. The molecule has 0 aliphatic heterocycles. The van der Waals surface area contributed by atoms with Crippen LogP contribution in [0.5, 0.6) is 0 Å². The van der Waals surface area contributed by atoms with Crippen LogP contribution >= 0.6 is 11.8 Å². The molecule has 0 radical (unpaired) electrons. The number of hydrogen-bond donors (Lipinski definition) is 0. The Morgan fingerprint density at radius 1 is 0.593 bits per heavy atom. The molecule has 0 aromatic rings. The molecule has 0 saturated heterocycles. The molecule has 0 N–H and O–H groups in total. The molecule has 0 aliphatic rings. The van der Waals surface area contributed by atoms with E-state index < -0.39 is 8.07 Å². The highest BCUT2D eigenvalue weighted by Gasteiger charge is 2.11. The fourth-order valence-corrected chi connectivity index (χ4v) is 5.56. The number of thioether (sulfide) groups is 1. The van der Waals surface area contributed by atoms with Gasteiger partial charge < -0.3 is 4.74 Å². The van der Waals surface area contributed by atoms with Gasteiger partial charge in [-0.25, -0.2) is 0 Å². The lowest BCUT2D eigenvalue weighted by molar-refractivity contribution is 0.0920. The second kappa shape index (κ2) is 19.8. The van der Waals surface area contributed by atoms with Crippen LogP contribution in [0.3, 0.4) is 0 Å². The molecule has 0 aromatic heterocycles. The Bertz CT molecular complexity index is 289. The summed E-state index contributed by atoms with van der Waals surface area (Å²) >= 11 is 2.06. The van der Waals surface area contributed by atoms with Crippen molar-refractivity contribution in [3.8, 4) is 0 Å². The van der Waals surface area contributed by atoms with Gasteiger partial charge in [-0.3, -0.25) is 0 Å². The maximum absolute atomic E-state index is 5.56. The summed E-state index contributed by atoms with van der Waals surface area (Å²) in [5.74, 6) is 2.48. The number of unbranched alkanes of at least 4 members (excludes halogenated alkanes) is 13. The van der Waals surface area contributed by atoms with Gasteiger partial charge in [-0.15, -0.1) is 0 Å². The zero-order valence-electron chi connectivity index (χ0n) is 19.6. The molecule has 0 fully saturated rings. The molecule has 0 heterocycles. The summed E-state index contributed by atoms with van der Waals surface area (Å²) in [7, 11) is -0.779. The maximum atomic E-state index is 5.56. The molecule has 0 unspecified atom stereocenters. The molecule has 0 atom stereocenters. The van der Waals surface area contributed by atoms with Gasteiger partial charge in [0.2, 0.25) is 0 Å². The van der Waals surface area contributed by atoms with Crippen molar-refractivity contribution >= 4 is 19.8 Å². The predicted molar refractivity (Wildman–Crippen MR) is 131 cm³/mol. The first-order valence-corrected chi connectivity index (χ1v) is 17.0. The Hall–Kier alpha value is 0.527. The molecule has 0 aromatic carbocycles. The van der Waals surface area contributed by atoms with Crippen molar-refractivity contribution in [1.82, 2.24) is 0 Å². The quantitative estimate of drug-likeness (QED) is 0.136. The molecule has 27 heavy (non-hydrogen) atoms. The van der Waals surface area contributed by atoms with Gasteiger partial charge in [0.25, 0.3) is 0 Å². The number of ether oxygens (including phenoxy) is 1. The highest BCUT2D eigenvalue weighted by molar-refractivity contribution is 7.99. The Balaban J connectivity index is 3.03. The lowest BCUT2D eigenvalue weighted by Crippen LogP contribution is -2.18. The van der Waals surface area contributed by atoms with Crippen molar-refractivity contribution in [3.63, 3.8) is 0 Å². The Morgan fingerprint density at radius 2 is 1.00 bits per heavy atom. The van der Waals surface area contributed by atoms with Crippen LogP contribution in [-0.2, 0) is 4.74 Å². The third kappa shape index (κ3) is 26.5. The smallest absolute Gasteiger partial charge is 0.0560 e. The van der Waals surface area contributed by atoms with E-state index in [-0.39, 0.29) is 0 Å². The van der Waals surface area contributed by atoms with Gasteiger partial charge in [0, 0.05) is 13.8 Å². The highest BCUT2D eigenvalue weighted by Crippen LogP contribution is 2.17. The van der Waals surface area contributed by atoms with Gasteiger partial charge in [0.15, 0.2) is 0 Å². The fraction of sp³-hybridized carbons (Fsp3) is 1.00. The highest BCUT2D eigenvalue weighted by atomic mass is 32.2. The molecule has 0 amide bonds. The van der Waals surface area contributed by atoms with Gasteiger partial charge in [0.05, 0.1) is 12.7 Å². The number of hydrogen-bond acceptors (Lipinski definition) is 2. The summed E-state index contributed by atoms with van der Waals surface area (Å²) in [6, 6.07) is 1.53. The van der Waals surface area contributed by atoms with E-state index in [1.54, 1.807) is 0 Å². The molecule has 3 heteroatoms. The second-order valence-electron chi connectivity index (χ2n) is 9.79. The van der Waals surface area contributed by atoms with Crippen LogP contribution in [0.1, 0.15) is 104 Å². The van der Waals surface area contributed by atoms with Crippen molar-refractivity contribution in [1.29, 1.82) is 0 Å². The first-order valence-electron chi connectivity index (χ1n) is 12.1. The third-order valence-electron chi connectivity index (χ3n) is 5.14. The lowest BCUT2D eigenvalue weighted by atomic mass is 10.0. The standard InChI is InChI=1S/C24H52OSSi/c1-24(2)25-20-22-26-21-18-16-14-12-10-8-6-7-9-11-13-15-17-19-23-27(3,4)5/h24H,6-23H2,1-5H3. The Kier molecular flexibility index (Phi) is 20.2. The van der Waals surface area contributed by atoms with E-state index in [1.165, 1.54) is 102 Å². The van der Waals surface area contributed by atoms with Crippen LogP contribution in [0.15, 0.2) is 0 Å². The molecule has 1 nitrogen and oxygen atoms in total. The normalized spacial score (nSPS) is 12.2. The van der Waals surface area contributed by atoms with E-state index in [0.29, 0.717) is 6.10 Å². The van der Waals surface area contributed by atoms with Crippen molar-refractivity contribution < 1.29 is 4.74 Å². The second-order valence-corrected chi connectivity index (χ2v) is 16.6. The molecular weight excluding hydrogens is 364 g/mol. The topological polar surface area (TPSA) is 9.23 Å². The SMILES string of the molecule is CC(C)OCCSCCCCCCCCCCCCCCCC[Si](C)(C)C. The molecule has 0 saturated carbocycles. The van der Waals surface area contributed by atoms with Crippen LogP contribution in [-0.4, -0.2) is 32.3 Å². The first-order chi connectivity index (χ1) is 12.9. The van der Waals surface area contributed by atoms with Crippen LogP contribution < -0.4 is 0 Å². The van der Waals surface area contributed by atoms with E-state index in [9.17, 15) is 0 Å². The fourth-order valence-electron chi connectivity index (χ4n) is 3.43. The van der Waals surface area contributed by atoms with Crippen molar-refractivity contribution in [3.05, 3.63) is 0 Å². The first kappa shape index (κ1) is 27.5. The Morgan fingerprint density at radius 3 is 1.41 bits per heavy atom. The summed E-state index contributed by atoms with van der Waals surface area (Å²) in [6.07, 6.45) is 20.9. The van der Waals surface area contributed by atoms with Gasteiger partial charge in [0.1, 0.15) is 0 Å². The summed E-state index contributed by atoms with van der Waals surface area (Å²) in [5, 5.41) is 0. The molecule has 164 valence electrons. The number of rotatable bonds is 21. The monoisotopic (exact) mass is 416 g/mol.